The van der Waals surface area contributed by atoms with Crippen molar-refractivity contribution in [2.24, 2.45) is 4.99 Å². The lowest BCUT2D eigenvalue weighted by molar-refractivity contribution is -0.133. The molecule has 3 rings (SSSR count). The van der Waals surface area contributed by atoms with E-state index in [2.05, 4.69) is 10.6 Å². The van der Waals surface area contributed by atoms with Crippen LogP contribution in [0.2, 0.25) is 0 Å². The fourth-order valence-corrected chi connectivity index (χ4v) is 3.94. The highest BCUT2D eigenvalue weighted by atomic mass is 127. The van der Waals surface area contributed by atoms with Crippen LogP contribution in [0.3, 0.4) is 0 Å². The predicted molar refractivity (Wildman–Crippen MR) is 125 cm³/mol. The zero-order valence-electron chi connectivity index (χ0n) is 17.4. The maximum atomic E-state index is 12.2. The highest BCUT2D eigenvalue weighted by Crippen LogP contribution is 2.18. The van der Waals surface area contributed by atoms with Crippen LogP contribution >= 0.6 is 24.0 Å². The third-order valence-corrected chi connectivity index (χ3v) is 5.61. The molecule has 0 unspecified atom stereocenters. The van der Waals surface area contributed by atoms with E-state index in [1.54, 1.807) is 13.4 Å². The Morgan fingerprint density at radius 3 is 2.52 bits per heavy atom. The minimum absolute atomic E-state index is 0. The molecule has 1 saturated heterocycles. The van der Waals surface area contributed by atoms with E-state index in [1.165, 1.54) is 25.7 Å². The van der Waals surface area contributed by atoms with Crippen molar-refractivity contribution in [3.8, 4) is 0 Å². The zero-order chi connectivity index (χ0) is 19.6. The Labute approximate surface area is 191 Å². The van der Waals surface area contributed by atoms with Gasteiger partial charge in [0.05, 0.1) is 19.3 Å². The number of nitrogens with zero attached hydrogens (tertiary/aromatic N) is 2. The van der Waals surface area contributed by atoms with Crippen molar-refractivity contribution >= 4 is 35.8 Å². The summed E-state index contributed by atoms with van der Waals surface area (Å²) >= 11 is 0. The van der Waals surface area contributed by atoms with Gasteiger partial charge in [-0.1, -0.05) is 12.8 Å². The summed E-state index contributed by atoms with van der Waals surface area (Å²) in [6.07, 6.45) is 9.88. The molecule has 2 aliphatic rings. The molecule has 0 bridgehead atoms. The average Bonchev–Trinajstić information content (AvgIpc) is 3.41. The molecule has 8 heteroatoms. The van der Waals surface area contributed by atoms with Crippen LogP contribution in [0.25, 0.3) is 0 Å². The number of halogens is 1. The lowest BCUT2D eigenvalue weighted by Gasteiger charge is -2.33. The van der Waals surface area contributed by atoms with Gasteiger partial charge in [-0.15, -0.1) is 24.0 Å². The van der Waals surface area contributed by atoms with Gasteiger partial charge in [-0.25, -0.2) is 0 Å². The van der Waals surface area contributed by atoms with Gasteiger partial charge in [0, 0.05) is 45.2 Å². The maximum Gasteiger partial charge on any atom is 0.224 e. The van der Waals surface area contributed by atoms with Gasteiger partial charge in [-0.2, -0.15) is 0 Å². The molecule has 0 spiro atoms. The Bertz CT molecular complexity index is 609. The van der Waals surface area contributed by atoms with E-state index in [-0.39, 0.29) is 29.9 Å². The predicted octanol–water partition coefficient (Wildman–Crippen LogP) is 2.95. The van der Waals surface area contributed by atoms with Crippen LogP contribution in [-0.4, -0.2) is 62.2 Å². The van der Waals surface area contributed by atoms with Gasteiger partial charge in [0.15, 0.2) is 5.96 Å². The number of likely N-dealkylation sites (tertiary alicyclic amines) is 1. The number of hydrogen-bond donors (Lipinski definition) is 2. The number of piperidine rings is 1. The van der Waals surface area contributed by atoms with Crippen molar-refractivity contribution in [1.29, 1.82) is 0 Å². The summed E-state index contributed by atoms with van der Waals surface area (Å²) in [7, 11) is 1.63. The first-order valence-electron chi connectivity index (χ1n) is 10.6. The van der Waals surface area contributed by atoms with Crippen molar-refractivity contribution in [2.75, 3.05) is 33.4 Å². The molecule has 1 saturated carbocycles. The summed E-state index contributed by atoms with van der Waals surface area (Å²) in [5, 5.41) is 7.23. The lowest BCUT2D eigenvalue weighted by Crippen LogP contribution is -2.51. The second kappa shape index (κ2) is 13.1. The Hall–Kier alpha value is -1.29. The number of rotatable bonds is 8. The third-order valence-electron chi connectivity index (χ3n) is 5.61. The Morgan fingerprint density at radius 1 is 1.21 bits per heavy atom. The molecular weight excluding hydrogens is 483 g/mol. The highest BCUT2D eigenvalue weighted by molar-refractivity contribution is 14.0. The molecule has 1 aromatic rings. The molecule has 2 fully saturated rings. The summed E-state index contributed by atoms with van der Waals surface area (Å²) in [6.45, 7) is 2.78. The minimum atomic E-state index is 0. The number of hydrogen-bond acceptors (Lipinski definition) is 4. The zero-order valence-corrected chi connectivity index (χ0v) is 19.7. The third kappa shape index (κ3) is 8.16. The minimum Gasteiger partial charge on any atom is -0.469 e. The smallest absolute Gasteiger partial charge is 0.224 e. The van der Waals surface area contributed by atoms with Crippen LogP contribution in [0.5, 0.6) is 0 Å². The molecule has 164 valence electrons. The summed E-state index contributed by atoms with van der Waals surface area (Å²) in [4.78, 5) is 18.9. The first-order chi connectivity index (χ1) is 13.7. The van der Waals surface area contributed by atoms with E-state index in [9.17, 15) is 4.79 Å². The van der Waals surface area contributed by atoms with E-state index in [0.29, 0.717) is 31.7 Å². The highest BCUT2D eigenvalue weighted by Gasteiger charge is 2.24. The largest absolute Gasteiger partial charge is 0.469 e. The van der Waals surface area contributed by atoms with Gasteiger partial charge in [0.1, 0.15) is 5.76 Å². The molecule has 1 amide bonds. The normalized spacial score (nSPS) is 18.5. The lowest BCUT2D eigenvalue weighted by atomic mass is 10.0. The van der Waals surface area contributed by atoms with E-state index >= 15 is 0 Å². The number of methoxy groups -OCH3 is 1. The average molecular weight is 518 g/mol. The Kier molecular flexibility index (Phi) is 10.8. The van der Waals surface area contributed by atoms with E-state index in [1.807, 2.05) is 17.0 Å². The molecule has 0 radical (unpaired) electrons. The van der Waals surface area contributed by atoms with Gasteiger partial charge < -0.3 is 24.7 Å². The Balaban J connectivity index is 0.00000300. The van der Waals surface area contributed by atoms with Gasteiger partial charge in [0.25, 0.3) is 0 Å². The number of nitrogens with one attached hydrogen (secondary N) is 2. The van der Waals surface area contributed by atoms with Gasteiger partial charge in [0.2, 0.25) is 5.91 Å². The topological polar surface area (TPSA) is 79.1 Å². The number of guanidine groups is 1. The number of carbonyl (C=O) groups is 1. The van der Waals surface area contributed by atoms with Crippen molar-refractivity contribution in [3.05, 3.63) is 24.2 Å². The molecule has 7 nitrogen and oxygen atoms in total. The molecule has 0 atom stereocenters. The molecule has 2 N–H and O–H groups in total. The van der Waals surface area contributed by atoms with E-state index < -0.39 is 0 Å². The van der Waals surface area contributed by atoms with Crippen molar-refractivity contribution < 1.29 is 13.9 Å². The van der Waals surface area contributed by atoms with Gasteiger partial charge in [-0.05, 0) is 37.8 Å². The number of amides is 1. The molecular formula is C21H35IN4O3. The van der Waals surface area contributed by atoms with Crippen LogP contribution in [0.4, 0.5) is 0 Å². The molecule has 2 heterocycles. The first kappa shape index (κ1) is 24.0. The number of furan rings is 1. The Morgan fingerprint density at radius 2 is 1.90 bits per heavy atom. The number of carbonyl (C=O) groups excluding carboxylic acids is 1. The summed E-state index contributed by atoms with van der Waals surface area (Å²) in [6, 6.07) is 4.77. The van der Waals surface area contributed by atoms with Crippen LogP contribution in [0.15, 0.2) is 27.8 Å². The van der Waals surface area contributed by atoms with Crippen molar-refractivity contribution in [1.82, 2.24) is 15.5 Å². The van der Waals surface area contributed by atoms with Crippen LogP contribution in [0.1, 0.15) is 50.7 Å². The fourth-order valence-electron chi connectivity index (χ4n) is 3.94. The standard InChI is InChI=1S/C21H34N4O3.HI/c1-27-16-11-20(26)25-13-9-18(10-14-25)24-21(23-17-5-2-3-6-17)22-12-8-19-7-4-15-28-19;/h4,7,15,17-18H,2-3,5-6,8-14,16H2,1H3,(H2,22,23,24);1H. The van der Waals surface area contributed by atoms with Crippen molar-refractivity contribution in [3.63, 3.8) is 0 Å². The summed E-state index contributed by atoms with van der Waals surface area (Å²) in [5.74, 6) is 2.06. The SMILES string of the molecule is COCCC(=O)N1CCC(NC(=NCCc2ccco2)NC2CCCC2)CC1.I. The van der Waals surface area contributed by atoms with Gasteiger partial charge >= 0.3 is 0 Å². The van der Waals surface area contributed by atoms with E-state index in [0.717, 1.165) is 44.1 Å². The number of aliphatic imine (C=N–C) groups is 1. The van der Waals surface area contributed by atoms with E-state index in [4.69, 9.17) is 14.1 Å². The molecule has 29 heavy (non-hydrogen) atoms. The first-order valence-corrected chi connectivity index (χ1v) is 10.6. The molecule has 1 aliphatic carbocycles. The summed E-state index contributed by atoms with van der Waals surface area (Å²) < 4.78 is 10.4. The quantitative estimate of drug-likeness (QED) is 0.315. The monoisotopic (exact) mass is 518 g/mol. The number of ether oxygens (including phenoxy) is 1. The second-order valence-electron chi connectivity index (χ2n) is 7.73. The molecule has 1 aromatic heterocycles. The van der Waals surface area contributed by atoms with Crippen molar-refractivity contribution in [2.45, 2.75) is 63.5 Å². The van der Waals surface area contributed by atoms with Crippen LogP contribution < -0.4 is 10.6 Å². The molecule has 1 aliphatic heterocycles. The maximum absolute atomic E-state index is 12.2. The van der Waals surface area contributed by atoms with Crippen LogP contribution in [-0.2, 0) is 16.0 Å². The fraction of sp³-hybridized carbons (Fsp3) is 0.714. The molecule has 0 aromatic carbocycles. The summed E-state index contributed by atoms with van der Waals surface area (Å²) in [5.41, 5.74) is 0. The second-order valence-corrected chi connectivity index (χ2v) is 7.73. The van der Waals surface area contributed by atoms with Gasteiger partial charge in [-0.3, -0.25) is 9.79 Å². The van der Waals surface area contributed by atoms with Crippen LogP contribution in [0, 0.1) is 0 Å².